The highest BCUT2D eigenvalue weighted by molar-refractivity contribution is 5.02. The third-order valence-corrected chi connectivity index (χ3v) is 4.26. The summed E-state index contributed by atoms with van der Waals surface area (Å²) in [6, 6.07) is 0.371. The largest absolute Gasteiger partial charge is 0.374 e. The Kier molecular flexibility index (Phi) is 3.88. The number of rotatable bonds is 5. The Morgan fingerprint density at radius 2 is 2.19 bits per heavy atom. The minimum Gasteiger partial charge on any atom is -0.374 e. The van der Waals surface area contributed by atoms with Gasteiger partial charge in [-0.25, -0.2) is 0 Å². The molecule has 3 atom stereocenters. The van der Waals surface area contributed by atoms with E-state index in [1.807, 2.05) is 0 Å². The van der Waals surface area contributed by atoms with E-state index in [0.29, 0.717) is 6.04 Å². The average molecular weight is 226 g/mol. The van der Waals surface area contributed by atoms with Crippen molar-refractivity contribution in [3.8, 4) is 0 Å². The Labute approximate surface area is 99.1 Å². The van der Waals surface area contributed by atoms with E-state index in [9.17, 15) is 0 Å². The molecule has 0 amide bonds. The van der Waals surface area contributed by atoms with Gasteiger partial charge in [0.2, 0.25) is 0 Å². The molecule has 3 N–H and O–H groups in total. The Hall–Kier alpha value is -0.120. The third-order valence-electron chi connectivity index (χ3n) is 4.26. The minimum atomic E-state index is 0.0162. The molecule has 2 aliphatic carbocycles. The summed E-state index contributed by atoms with van der Waals surface area (Å²) in [6.07, 6.45) is 7.61. The van der Waals surface area contributed by atoms with Crippen LogP contribution in [-0.4, -0.2) is 18.2 Å². The molecule has 0 heterocycles. The number of nitrogens with one attached hydrogen (secondary N) is 1. The molecule has 3 unspecified atom stereocenters. The van der Waals surface area contributed by atoms with Gasteiger partial charge in [0.25, 0.3) is 0 Å². The van der Waals surface area contributed by atoms with E-state index in [2.05, 4.69) is 19.3 Å². The summed E-state index contributed by atoms with van der Waals surface area (Å²) in [6.45, 7) is 5.24. The van der Waals surface area contributed by atoms with Gasteiger partial charge >= 0.3 is 0 Å². The maximum atomic E-state index is 6.15. The van der Waals surface area contributed by atoms with Crippen molar-refractivity contribution in [1.82, 2.24) is 5.43 Å². The molecule has 3 nitrogen and oxygen atoms in total. The Morgan fingerprint density at radius 1 is 1.44 bits per heavy atom. The molecule has 0 aliphatic heterocycles. The second-order valence-electron chi connectivity index (χ2n) is 5.68. The van der Waals surface area contributed by atoms with E-state index in [1.54, 1.807) is 0 Å². The minimum absolute atomic E-state index is 0.0162. The van der Waals surface area contributed by atoms with Crippen LogP contribution in [0.4, 0.5) is 0 Å². The van der Waals surface area contributed by atoms with Gasteiger partial charge in [0.05, 0.1) is 11.6 Å². The summed E-state index contributed by atoms with van der Waals surface area (Å²) in [5, 5.41) is 0. The first-order valence-electron chi connectivity index (χ1n) is 6.82. The SMILES string of the molecule is CCOC1(C(NN)C2CC2)CCCC(C)C1. The summed E-state index contributed by atoms with van der Waals surface area (Å²) < 4.78 is 6.15. The molecule has 0 bridgehead atoms. The number of hydrazine groups is 1. The molecule has 0 radical (unpaired) electrons. The zero-order valence-corrected chi connectivity index (χ0v) is 10.7. The lowest BCUT2D eigenvalue weighted by Crippen LogP contribution is -2.58. The van der Waals surface area contributed by atoms with Crippen LogP contribution in [0.5, 0.6) is 0 Å². The zero-order valence-electron chi connectivity index (χ0n) is 10.7. The fourth-order valence-corrected chi connectivity index (χ4v) is 3.48. The summed E-state index contributed by atoms with van der Waals surface area (Å²) in [5.74, 6) is 7.30. The fraction of sp³-hybridized carbons (Fsp3) is 1.00. The number of hydrogen-bond acceptors (Lipinski definition) is 3. The van der Waals surface area contributed by atoms with E-state index in [4.69, 9.17) is 10.6 Å². The van der Waals surface area contributed by atoms with E-state index in [-0.39, 0.29) is 5.60 Å². The first-order valence-corrected chi connectivity index (χ1v) is 6.82. The summed E-state index contributed by atoms with van der Waals surface area (Å²) in [4.78, 5) is 0. The standard InChI is InChI=1S/C13H26N2O/c1-3-16-13(8-4-5-10(2)9-13)12(15-14)11-6-7-11/h10-12,15H,3-9,14H2,1-2H3. The van der Waals surface area contributed by atoms with Crippen molar-refractivity contribution in [3.05, 3.63) is 0 Å². The molecule has 0 aromatic carbocycles. The Balaban J connectivity index is 2.11. The van der Waals surface area contributed by atoms with Gasteiger partial charge in [-0.3, -0.25) is 11.3 Å². The third kappa shape index (κ3) is 2.41. The highest BCUT2D eigenvalue weighted by atomic mass is 16.5. The molecule has 0 aromatic rings. The number of nitrogens with two attached hydrogens (primary N) is 1. The van der Waals surface area contributed by atoms with Gasteiger partial charge in [-0.15, -0.1) is 0 Å². The lowest BCUT2D eigenvalue weighted by Gasteiger charge is -2.45. The Bertz CT molecular complexity index is 226. The van der Waals surface area contributed by atoms with Crippen molar-refractivity contribution in [3.63, 3.8) is 0 Å². The first kappa shape index (κ1) is 12.3. The lowest BCUT2D eigenvalue weighted by atomic mass is 9.73. The van der Waals surface area contributed by atoms with Crippen molar-refractivity contribution in [2.24, 2.45) is 17.7 Å². The number of ether oxygens (including phenoxy) is 1. The highest BCUT2D eigenvalue weighted by Crippen LogP contribution is 2.45. The van der Waals surface area contributed by atoms with E-state index < -0.39 is 0 Å². The molecule has 0 aromatic heterocycles. The van der Waals surface area contributed by atoms with E-state index >= 15 is 0 Å². The molecular weight excluding hydrogens is 200 g/mol. The van der Waals surface area contributed by atoms with E-state index in [0.717, 1.165) is 18.4 Å². The van der Waals surface area contributed by atoms with Gasteiger partial charge in [0.1, 0.15) is 0 Å². The van der Waals surface area contributed by atoms with Crippen molar-refractivity contribution in [1.29, 1.82) is 0 Å². The van der Waals surface area contributed by atoms with Crippen LogP contribution in [0.15, 0.2) is 0 Å². The van der Waals surface area contributed by atoms with Crippen LogP contribution in [-0.2, 0) is 4.74 Å². The monoisotopic (exact) mass is 226 g/mol. The molecule has 2 saturated carbocycles. The second kappa shape index (κ2) is 5.03. The molecule has 2 fully saturated rings. The molecule has 0 saturated heterocycles. The summed E-state index contributed by atoms with van der Waals surface area (Å²) >= 11 is 0. The normalized spacial score (nSPS) is 37.3. The predicted octanol–water partition coefficient (Wildman–Crippen LogP) is 2.21. The molecular formula is C13H26N2O. The van der Waals surface area contributed by atoms with Gasteiger partial charge < -0.3 is 4.74 Å². The van der Waals surface area contributed by atoms with Crippen molar-refractivity contribution in [2.45, 2.75) is 64.0 Å². The maximum Gasteiger partial charge on any atom is 0.0853 e. The highest BCUT2D eigenvalue weighted by Gasteiger charge is 2.48. The van der Waals surface area contributed by atoms with Gasteiger partial charge in [0.15, 0.2) is 0 Å². The van der Waals surface area contributed by atoms with Crippen molar-refractivity contribution < 1.29 is 4.74 Å². The lowest BCUT2D eigenvalue weighted by molar-refractivity contribution is -0.105. The molecule has 2 aliphatic rings. The van der Waals surface area contributed by atoms with Crippen LogP contribution in [0.25, 0.3) is 0 Å². The summed E-state index contributed by atoms with van der Waals surface area (Å²) in [5.41, 5.74) is 3.07. The van der Waals surface area contributed by atoms with Crippen LogP contribution in [0, 0.1) is 11.8 Å². The predicted molar refractivity (Wildman–Crippen MR) is 65.8 cm³/mol. The second-order valence-corrected chi connectivity index (χ2v) is 5.68. The van der Waals surface area contributed by atoms with Gasteiger partial charge in [-0.1, -0.05) is 19.8 Å². The molecule has 3 heteroatoms. The molecule has 94 valence electrons. The quantitative estimate of drug-likeness (QED) is 0.558. The van der Waals surface area contributed by atoms with Crippen molar-refractivity contribution >= 4 is 0 Å². The van der Waals surface area contributed by atoms with Crippen LogP contribution in [0.2, 0.25) is 0 Å². The smallest absolute Gasteiger partial charge is 0.0853 e. The topological polar surface area (TPSA) is 47.3 Å². The first-order chi connectivity index (χ1) is 7.72. The van der Waals surface area contributed by atoms with Crippen LogP contribution >= 0.6 is 0 Å². The maximum absolute atomic E-state index is 6.15. The van der Waals surface area contributed by atoms with Gasteiger partial charge in [-0.05, 0) is 44.4 Å². The zero-order chi connectivity index (χ0) is 11.6. The molecule has 2 rings (SSSR count). The van der Waals surface area contributed by atoms with E-state index in [1.165, 1.54) is 38.5 Å². The van der Waals surface area contributed by atoms with Gasteiger partial charge in [-0.2, -0.15) is 0 Å². The summed E-state index contributed by atoms with van der Waals surface area (Å²) in [7, 11) is 0. The Morgan fingerprint density at radius 3 is 2.69 bits per heavy atom. The molecule has 0 spiro atoms. The average Bonchev–Trinajstić information content (AvgIpc) is 3.03. The van der Waals surface area contributed by atoms with Crippen LogP contribution < -0.4 is 11.3 Å². The van der Waals surface area contributed by atoms with Crippen LogP contribution in [0.3, 0.4) is 0 Å². The molecule has 16 heavy (non-hydrogen) atoms. The number of hydrogen-bond donors (Lipinski definition) is 2. The van der Waals surface area contributed by atoms with Crippen LogP contribution in [0.1, 0.15) is 52.4 Å². The fourth-order valence-electron chi connectivity index (χ4n) is 3.48. The van der Waals surface area contributed by atoms with Crippen molar-refractivity contribution in [2.75, 3.05) is 6.61 Å². The van der Waals surface area contributed by atoms with Gasteiger partial charge in [0, 0.05) is 6.61 Å².